The average molecular weight is 225 g/mol. The topological polar surface area (TPSA) is 82.8 Å². The van der Waals surface area contributed by atoms with Crippen LogP contribution in [-0.4, -0.2) is 26.2 Å². The summed E-state index contributed by atoms with van der Waals surface area (Å²) in [6.45, 7) is 0. The fourth-order valence-electron chi connectivity index (χ4n) is 1.16. The van der Waals surface area contributed by atoms with Crippen molar-refractivity contribution in [3.63, 3.8) is 0 Å². The smallest absolute Gasteiger partial charge is 0.263 e. The van der Waals surface area contributed by atoms with Crippen LogP contribution in [0.1, 0.15) is 5.82 Å². The van der Waals surface area contributed by atoms with Gasteiger partial charge in [-0.05, 0) is 6.26 Å². The Morgan fingerprint density at radius 2 is 2.40 bits per heavy atom. The van der Waals surface area contributed by atoms with Crippen LogP contribution in [0.3, 0.4) is 0 Å². The Bertz CT molecular complexity index is 463. The van der Waals surface area contributed by atoms with Gasteiger partial charge >= 0.3 is 0 Å². The molecule has 2 aromatic rings. The van der Waals surface area contributed by atoms with Crippen molar-refractivity contribution in [3.8, 4) is 11.5 Å². The molecule has 15 heavy (non-hydrogen) atoms. The molecule has 0 aliphatic carbocycles. The Hall–Kier alpha value is -1.50. The van der Waals surface area contributed by atoms with Crippen LogP contribution in [0, 0.1) is 0 Å². The van der Waals surface area contributed by atoms with E-state index in [1.807, 2.05) is 6.26 Å². The minimum atomic E-state index is 0.421. The minimum absolute atomic E-state index is 0.421. The molecule has 2 N–H and O–H groups in total. The second kappa shape index (κ2) is 3.93. The first-order valence-corrected chi connectivity index (χ1v) is 5.71. The summed E-state index contributed by atoms with van der Waals surface area (Å²) in [6.07, 6.45) is 3.60. The van der Waals surface area contributed by atoms with E-state index in [0.717, 1.165) is 5.75 Å². The molecule has 2 heterocycles. The van der Waals surface area contributed by atoms with Gasteiger partial charge in [0, 0.05) is 7.05 Å². The first-order valence-electron chi connectivity index (χ1n) is 4.31. The van der Waals surface area contributed by atoms with Crippen LogP contribution in [0.25, 0.3) is 11.5 Å². The molecule has 0 saturated carbocycles. The van der Waals surface area contributed by atoms with Crippen molar-refractivity contribution in [2.75, 3.05) is 12.0 Å². The van der Waals surface area contributed by atoms with Gasteiger partial charge in [-0.15, -0.1) is 0 Å². The van der Waals surface area contributed by atoms with Gasteiger partial charge in [0.05, 0.1) is 11.9 Å². The number of rotatable bonds is 3. The van der Waals surface area contributed by atoms with E-state index >= 15 is 0 Å². The molecular formula is C8H11N5OS. The lowest BCUT2D eigenvalue weighted by Crippen LogP contribution is -1.98. The summed E-state index contributed by atoms with van der Waals surface area (Å²) >= 11 is 1.64. The van der Waals surface area contributed by atoms with Crippen molar-refractivity contribution in [1.82, 2.24) is 19.9 Å². The molecule has 0 saturated heterocycles. The van der Waals surface area contributed by atoms with E-state index in [0.29, 0.717) is 23.1 Å². The normalized spacial score (nSPS) is 10.8. The molecule has 0 aliphatic heterocycles. The van der Waals surface area contributed by atoms with Gasteiger partial charge in [0.15, 0.2) is 5.82 Å². The van der Waals surface area contributed by atoms with Gasteiger partial charge in [-0.25, -0.2) is 0 Å². The van der Waals surface area contributed by atoms with E-state index in [2.05, 4.69) is 15.2 Å². The number of aromatic nitrogens is 4. The highest BCUT2D eigenvalue weighted by molar-refractivity contribution is 7.97. The molecule has 0 atom stereocenters. The summed E-state index contributed by atoms with van der Waals surface area (Å²) < 4.78 is 6.65. The van der Waals surface area contributed by atoms with Crippen LogP contribution in [-0.2, 0) is 12.8 Å². The van der Waals surface area contributed by atoms with E-state index in [-0.39, 0.29) is 0 Å². The number of thioether (sulfide) groups is 1. The Labute approximate surface area is 90.8 Å². The number of nitrogens with two attached hydrogens (primary N) is 1. The molecule has 0 bridgehead atoms. The van der Waals surface area contributed by atoms with Gasteiger partial charge in [-0.2, -0.15) is 21.8 Å². The van der Waals surface area contributed by atoms with E-state index < -0.39 is 0 Å². The largest absolute Gasteiger partial charge is 0.383 e. The summed E-state index contributed by atoms with van der Waals surface area (Å²) in [5, 5.41) is 7.84. The van der Waals surface area contributed by atoms with Gasteiger partial charge in [-0.1, -0.05) is 5.16 Å². The first-order chi connectivity index (χ1) is 7.22. The van der Waals surface area contributed by atoms with Gasteiger partial charge in [0.2, 0.25) is 0 Å². The van der Waals surface area contributed by atoms with Gasteiger partial charge in [0.25, 0.3) is 5.89 Å². The average Bonchev–Trinajstić information content (AvgIpc) is 2.77. The van der Waals surface area contributed by atoms with Gasteiger partial charge in [0.1, 0.15) is 11.4 Å². The maximum absolute atomic E-state index is 5.79. The first kappa shape index (κ1) is 10.0. The molecular weight excluding hydrogens is 214 g/mol. The number of anilines is 1. The van der Waals surface area contributed by atoms with Crippen molar-refractivity contribution in [2.45, 2.75) is 5.75 Å². The highest BCUT2D eigenvalue weighted by Gasteiger charge is 2.14. The molecule has 0 aliphatic rings. The fourth-order valence-corrected chi connectivity index (χ4v) is 1.54. The molecule has 0 aromatic carbocycles. The molecule has 0 fully saturated rings. The summed E-state index contributed by atoms with van der Waals surface area (Å²) in [4.78, 5) is 4.21. The predicted octanol–water partition coefficient (Wildman–Crippen LogP) is 0.915. The highest BCUT2D eigenvalue weighted by atomic mass is 32.2. The lowest BCUT2D eigenvalue weighted by molar-refractivity contribution is 0.425. The molecule has 2 rings (SSSR count). The molecule has 0 spiro atoms. The standard InChI is InChI=1S/C8H11N5OS/c1-13-7(9)5(3-10-13)8-11-6(4-15-2)12-14-8/h3H,4,9H2,1-2H3. The van der Waals surface area contributed by atoms with Crippen LogP contribution in [0.15, 0.2) is 10.7 Å². The predicted molar refractivity (Wildman–Crippen MR) is 58.1 cm³/mol. The van der Waals surface area contributed by atoms with Crippen LogP contribution in [0.5, 0.6) is 0 Å². The number of hydrogen-bond donors (Lipinski definition) is 1. The van der Waals surface area contributed by atoms with Crippen LogP contribution in [0.2, 0.25) is 0 Å². The van der Waals surface area contributed by atoms with Crippen molar-refractivity contribution in [3.05, 3.63) is 12.0 Å². The summed E-state index contributed by atoms with van der Waals surface area (Å²) in [6, 6.07) is 0. The third kappa shape index (κ3) is 1.82. The third-order valence-electron chi connectivity index (χ3n) is 1.96. The van der Waals surface area contributed by atoms with Gasteiger partial charge in [-0.3, -0.25) is 4.68 Å². The number of aryl methyl sites for hydroxylation is 1. The summed E-state index contributed by atoms with van der Waals surface area (Å²) in [5.41, 5.74) is 6.46. The number of hydrogen-bond acceptors (Lipinski definition) is 6. The van der Waals surface area contributed by atoms with E-state index in [4.69, 9.17) is 10.3 Å². The zero-order chi connectivity index (χ0) is 10.8. The monoisotopic (exact) mass is 225 g/mol. The number of nitrogen functional groups attached to an aromatic ring is 1. The van der Waals surface area contributed by atoms with Crippen molar-refractivity contribution in [1.29, 1.82) is 0 Å². The maximum atomic E-state index is 5.79. The Morgan fingerprint density at radius 1 is 1.60 bits per heavy atom. The fraction of sp³-hybridized carbons (Fsp3) is 0.375. The van der Waals surface area contributed by atoms with E-state index in [1.54, 1.807) is 29.7 Å². The molecule has 6 nitrogen and oxygen atoms in total. The highest BCUT2D eigenvalue weighted by Crippen LogP contribution is 2.23. The Balaban J connectivity index is 2.33. The Kier molecular flexibility index (Phi) is 2.63. The zero-order valence-corrected chi connectivity index (χ0v) is 9.28. The third-order valence-corrected chi connectivity index (χ3v) is 2.50. The molecule has 80 valence electrons. The quantitative estimate of drug-likeness (QED) is 0.836. The molecule has 0 radical (unpaired) electrons. The second-order valence-corrected chi connectivity index (χ2v) is 3.88. The van der Waals surface area contributed by atoms with Crippen LogP contribution in [0.4, 0.5) is 5.82 Å². The minimum Gasteiger partial charge on any atom is -0.383 e. The lowest BCUT2D eigenvalue weighted by Gasteiger charge is -1.93. The molecule has 7 heteroatoms. The second-order valence-electron chi connectivity index (χ2n) is 3.02. The van der Waals surface area contributed by atoms with Crippen LogP contribution < -0.4 is 5.73 Å². The van der Waals surface area contributed by atoms with E-state index in [9.17, 15) is 0 Å². The zero-order valence-electron chi connectivity index (χ0n) is 8.47. The Morgan fingerprint density at radius 3 is 3.00 bits per heavy atom. The summed E-state index contributed by atoms with van der Waals surface area (Å²) in [7, 11) is 1.76. The SMILES string of the molecule is CSCc1noc(-c2cnn(C)c2N)n1. The lowest BCUT2D eigenvalue weighted by atomic mass is 10.3. The van der Waals surface area contributed by atoms with Gasteiger partial charge < -0.3 is 10.3 Å². The van der Waals surface area contributed by atoms with E-state index in [1.165, 1.54) is 0 Å². The van der Waals surface area contributed by atoms with Crippen LogP contribution >= 0.6 is 11.8 Å². The number of nitrogens with zero attached hydrogens (tertiary/aromatic N) is 4. The molecule has 2 aromatic heterocycles. The molecule has 0 amide bonds. The van der Waals surface area contributed by atoms with Crippen molar-refractivity contribution < 1.29 is 4.52 Å². The van der Waals surface area contributed by atoms with Crippen molar-refractivity contribution >= 4 is 17.6 Å². The molecule has 0 unspecified atom stereocenters. The van der Waals surface area contributed by atoms with Crippen molar-refractivity contribution in [2.24, 2.45) is 7.05 Å². The summed E-state index contributed by atoms with van der Waals surface area (Å²) in [5.74, 6) is 2.34. The maximum Gasteiger partial charge on any atom is 0.263 e.